The molecule has 1 amide bonds. The van der Waals surface area contributed by atoms with E-state index in [-0.39, 0.29) is 5.92 Å². The fraction of sp³-hybridized carbons (Fsp3) is 0.750. The van der Waals surface area contributed by atoms with Crippen LogP contribution in [0.25, 0.3) is 0 Å². The molecule has 0 radical (unpaired) electrons. The number of nitrogens with one attached hydrogen (secondary N) is 1. The topological polar surface area (TPSA) is 73.1 Å². The lowest BCUT2D eigenvalue weighted by Gasteiger charge is -2.15. The van der Waals surface area contributed by atoms with Crippen LogP contribution in [-0.4, -0.2) is 23.2 Å². The summed E-state index contributed by atoms with van der Waals surface area (Å²) in [6.45, 7) is 5.02. The van der Waals surface area contributed by atoms with Crippen LogP contribution in [-0.2, 0) is 4.79 Å². The molecule has 0 saturated carbocycles. The largest absolute Gasteiger partial charge is 0.384 e. The van der Waals surface area contributed by atoms with Crippen molar-refractivity contribution < 1.29 is 9.90 Å². The van der Waals surface area contributed by atoms with Gasteiger partial charge in [-0.1, -0.05) is 13.8 Å². The van der Waals surface area contributed by atoms with Crippen molar-refractivity contribution >= 4 is 5.91 Å². The van der Waals surface area contributed by atoms with Crippen molar-refractivity contribution in [3.8, 4) is 6.07 Å². The SMILES string of the molecule is CC(C)[C@H](C#N)NC(=O)[C@H](C)O. The quantitative estimate of drug-likeness (QED) is 0.627. The minimum absolute atomic E-state index is 0.0534. The Kier molecular flexibility index (Phi) is 4.30. The number of aliphatic hydroxyl groups is 1. The van der Waals surface area contributed by atoms with E-state index in [1.807, 2.05) is 19.9 Å². The van der Waals surface area contributed by atoms with E-state index >= 15 is 0 Å². The molecule has 12 heavy (non-hydrogen) atoms. The van der Waals surface area contributed by atoms with E-state index in [9.17, 15) is 4.79 Å². The average Bonchev–Trinajstić information content (AvgIpc) is 1.98. The van der Waals surface area contributed by atoms with Gasteiger partial charge < -0.3 is 10.4 Å². The summed E-state index contributed by atoms with van der Waals surface area (Å²) < 4.78 is 0. The second-order valence-corrected chi connectivity index (χ2v) is 3.04. The van der Waals surface area contributed by atoms with E-state index < -0.39 is 18.1 Å². The predicted molar refractivity (Wildman–Crippen MR) is 44.1 cm³/mol. The Labute approximate surface area is 72.2 Å². The molecule has 0 aromatic heterocycles. The molecule has 0 heterocycles. The molecule has 0 aliphatic rings. The first-order valence-electron chi connectivity index (χ1n) is 3.87. The zero-order valence-corrected chi connectivity index (χ0v) is 7.53. The van der Waals surface area contributed by atoms with Crippen molar-refractivity contribution in [3.05, 3.63) is 0 Å². The maximum absolute atomic E-state index is 10.9. The summed E-state index contributed by atoms with van der Waals surface area (Å²) in [5.74, 6) is -0.451. The van der Waals surface area contributed by atoms with Crippen LogP contribution in [0.1, 0.15) is 20.8 Å². The lowest BCUT2D eigenvalue weighted by atomic mass is 10.1. The number of amides is 1. The molecule has 4 heteroatoms. The zero-order chi connectivity index (χ0) is 9.72. The fourth-order valence-corrected chi connectivity index (χ4v) is 0.622. The maximum atomic E-state index is 10.9. The first-order valence-corrected chi connectivity index (χ1v) is 3.87. The molecule has 0 aliphatic carbocycles. The molecule has 0 aromatic rings. The van der Waals surface area contributed by atoms with Gasteiger partial charge in [-0.2, -0.15) is 5.26 Å². The standard InChI is InChI=1S/C8H14N2O2/c1-5(2)7(4-9)10-8(12)6(3)11/h5-7,11H,1-3H3,(H,10,12)/t6-,7-/m0/s1. The van der Waals surface area contributed by atoms with E-state index in [0.29, 0.717) is 0 Å². The molecule has 0 fully saturated rings. The maximum Gasteiger partial charge on any atom is 0.249 e. The van der Waals surface area contributed by atoms with Crippen molar-refractivity contribution in [2.24, 2.45) is 5.92 Å². The van der Waals surface area contributed by atoms with Gasteiger partial charge in [0.1, 0.15) is 12.1 Å². The third-order valence-corrected chi connectivity index (χ3v) is 1.48. The van der Waals surface area contributed by atoms with E-state index in [1.165, 1.54) is 6.92 Å². The van der Waals surface area contributed by atoms with Crippen LogP contribution in [0.2, 0.25) is 0 Å². The number of hydrogen-bond donors (Lipinski definition) is 2. The molecule has 0 saturated heterocycles. The first kappa shape index (κ1) is 10.9. The highest BCUT2D eigenvalue weighted by Crippen LogP contribution is 1.99. The summed E-state index contributed by atoms with van der Waals surface area (Å²) in [5, 5.41) is 19.8. The minimum atomic E-state index is -1.06. The van der Waals surface area contributed by atoms with Crippen molar-refractivity contribution in [3.63, 3.8) is 0 Å². The number of carbonyl (C=O) groups is 1. The van der Waals surface area contributed by atoms with Crippen LogP contribution in [0.4, 0.5) is 0 Å². The number of hydrogen-bond acceptors (Lipinski definition) is 3. The van der Waals surface area contributed by atoms with Gasteiger partial charge in [-0.25, -0.2) is 0 Å². The number of rotatable bonds is 3. The molecular weight excluding hydrogens is 156 g/mol. The molecule has 4 nitrogen and oxygen atoms in total. The highest BCUT2D eigenvalue weighted by atomic mass is 16.3. The van der Waals surface area contributed by atoms with Crippen LogP contribution in [0.3, 0.4) is 0 Å². The van der Waals surface area contributed by atoms with Crippen LogP contribution in [0.5, 0.6) is 0 Å². The fourth-order valence-electron chi connectivity index (χ4n) is 0.622. The molecular formula is C8H14N2O2. The molecule has 0 spiro atoms. The van der Waals surface area contributed by atoms with Crippen LogP contribution >= 0.6 is 0 Å². The molecule has 0 aliphatic heterocycles. The van der Waals surface area contributed by atoms with Gasteiger partial charge in [-0.15, -0.1) is 0 Å². The van der Waals surface area contributed by atoms with Crippen LogP contribution in [0.15, 0.2) is 0 Å². The van der Waals surface area contributed by atoms with Crippen molar-refractivity contribution in [2.75, 3.05) is 0 Å². The molecule has 0 aromatic carbocycles. The van der Waals surface area contributed by atoms with E-state index in [0.717, 1.165) is 0 Å². The second-order valence-electron chi connectivity index (χ2n) is 3.04. The summed E-state index contributed by atoms with van der Waals surface area (Å²) in [4.78, 5) is 10.9. The molecule has 0 rings (SSSR count). The van der Waals surface area contributed by atoms with E-state index in [1.54, 1.807) is 0 Å². The summed E-state index contributed by atoms with van der Waals surface area (Å²) in [5.41, 5.74) is 0. The van der Waals surface area contributed by atoms with Gasteiger partial charge in [0.15, 0.2) is 0 Å². The van der Waals surface area contributed by atoms with Gasteiger partial charge in [0.25, 0.3) is 0 Å². The van der Waals surface area contributed by atoms with Gasteiger partial charge >= 0.3 is 0 Å². The normalized spacial score (nSPS) is 15.0. The van der Waals surface area contributed by atoms with Gasteiger partial charge in [0.2, 0.25) is 5.91 Å². The molecule has 68 valence electrons. The summed E-state index contributed by atoms with van der Waals surface area (Å²) >= 11 is 0. The summed E-state index contributed by atoms with van der Waals surface area (Å²) in [6, 6.07) is 1.42. The molecule has 0 unspecified atom stereocenters. The number of nitrogens with zero attached hydrogens (tertiary/aromatic N) is 1. The van der Waals surface area contributed by atoms with Gasteiger partial charge in [0.05, 0.1) is 6.07 Å². The van der Waals surface area contributed by atoms with E-state index in [4.69, 9.17) is 10.4 Å². The minimum Gasteiger partial charge on any atom is -0.384 e. The molecule has 0 bridgehead atoms. The molecule has 2 atom stereocenters. The molecule has 2 N–H and O–H groups in total. The highest BCUT2D eigenvalue weighted by Gasteiger charge is 2.17. The van der Waals surface area contributed by atoms with Crippen LogP contribution in [0, 0.1) is 17.2 Å². The summed E-state index contributed by atoms with van der Waals surface area (Å²) in [6.07, 6.45) is -1.06. The second kappa shape index (κ2) is 4.73. The number of carbonyl (C=O) groups excluding carboxylic acids is 1. The Hall–Kier alpha value is -1.08. The Balaban J connectivity index is 4.06. The van der Waals surface area contributed by atoms with Crippen molar-refractivity contribution in [2.45, 2.75) is 32.9 Å². The third kappa shape index (κ3) is 3.35. The van der Waals surface area contributed by atoms with Crippen molar-refractivity contribution in [1.82, 2.24) is 5.32 Å². The lowest BCUT2D eigenvalue weighted by Crippen LogP contribution is -2.42. The third-order valence-electron chi connectivity index (χ3n) is 1.48. The Morgan fingerprint density at radius 2 is 2.00 bits per heavy atom. The smallest absolute Gasteiger partial charge is 0.249 e. The van der Waals surface area contributed by atoms with Gasteiger partial charge in [0, 0.05) is 0 Å². The lowest BCUT2D eigenvalue weighted by molar-refractivity contribution is -0.129. The Morgan fingerprint density at radius 3 is 2.25 bits per heavy atom. The Morgan fingerprint density at radius 1 is 1.50 bits per heavy atom. The van der Waals surface area contributed by atoms with E-state index in [2.05, 4.69) is 5.32 Å². The number of aliphatic hydroxyl groups excluding tert-OH is 1. The zero-order valence-electron chi connectivity index (χ0n) is 7.53. The summed E-state index contributed by atoms with van der Waals surface area (Å²) in [7, 11) is 0. The van der Waals surface area contributed by atoms with Gasteiger partial charge in [-0.3, -0.25) is 4.79 Å². The Bertz CT molecular complexity index is 194. The predicted octanol–water partition coefficient (Wildman–Crippen LogP) is 0.0316. The monoisotopic (exact) mass is 170 g/mol. The average molecular weight is 170 g/mol. The van der Waals surface area contributed by atoms with Crippen LogP contribution < -0.4 is 5.32 Å². The van der Waals surface area contributed by atoms with Gasteiger partial charge in [-0.05, 0) is 12.8 Å². The highest BCUT2D eigenvalue weighted by molar-refractivity contribution is 5.80. The number of nitriles is 1. The van der Waals surface area contributed by atoms with Crippen molar-refractivity contribution in [1.29, 1.82) is 5.26 Å². The first-order chi connectivity index (χ1) is 5.49.